The molecule has 13 nitrogen and oxygen atoms in total. The Hall–Kier alpha value is -4.42. The first kappa shape index (κ1) is 25.7. The zero-order chi connectivity index (χ0) is 27.1. The van der Waals surface area contributed by atoms with E-state index in [-0.39, 0.29) is 35.8 Å². The average molecular weight is 514 g/mol. The molecule has 0 aliphatic rings. The van der Waals surface area contributed by atoms with Crippen LogP contribution in [-0.4, -0.2) is 44.7 Å². The smallest absolute Gasteiger partial charge is 0.408 e. The largest absolute Gasteiger partial charge is 0.464 e. The predicted molar refractivity (Wildman–Crippen MR) is 126 cm³/mol. The lowest BCUT2D eigenvalue weighted by atomic mass is 10.2. The van der Waals surface area contributed by atoms with Crippen molar-refractivity contribution in [2.75, 3.05) is 7.11 Å². The molecular weight excluding hydrogens is 486 g/mol. The molecule has 13 heteroatoms. The fourth-order valence-electron chi connectivity index (χ4n) is 3.36. The summed E-state index contributed by atoms with van der Waals surface area (Å²) < 4.78 is 32.8. The maximum Gasteiger partial charge on any atom is 0.408 e. The number of alkyl carbamates (subject to hydrolysis) is 1. The van der Waals surface area contributed by atoms with Crippen molar-refractivity contribution in [3.8, 4) is 34.8 Å². The van der Waals surface area contributed by atoms with Crippen LogP contribution >= 0.6 is 0 Å². The highest BCUT2D eigenvalue weighted by Crippen LogP contribution is 2.33. The number of carbonyl (C=O) groups is 2. The van der Waals surface area contributed by atoms with Crippen molar-refractivity contribution >= 4 is 12.1 Å². The van der Waals surface area contributed by atoms with Crippen LogP contribution in [0.1, 0.15) is 60.2 Å². The summed E-state index contributed by atoms with van der Waals surface area (Å²) in [5, 5.41) is 2.59. The lowest BCUT2D eigenvalue weighted by molar-refractivity contribution is 0.0517. The van der Waals surface area contributed by atoms with Crippen LogP contribution < -0.4 is 5.32 Å². The highest BCUT2D eigenvalue weighted by molar-refractivity contribution is 5.88. The molecule has 0 atom stereocenters. The minimum atomic E-state index is -0.624. The Kier molecular flexibility index (Phi) is 6.63. The van der Waals surface area contributed by atoms with Crippen molar-refractivity contribution in [1.29, 1.82) is 0 Å². The normalized spacial score (nSPS) is 11.6. The number of methoxy groups -OCH3 is 1. The molecule has 0 aliphatic carbocycles. The molecule has 4 aromatic heterocycles. The number of amides is 1. The van der Waals surface area contributed by atoms with Gasteiger partial charge >= 0.3 is 12.1 Å². The molecule has 0 aliphatic heterocycles. The van der Waals surface area contributed by atoms with Crippen molar-refractivity contribution in [3.05, 3.63) is 34.6 Å². The fraction of sp³-hybridized carbons (Fsp3) is 0.417. The molecule has 4 aromatic rings. The first-order valence-electron chi connectivity index (χ1n) is 11.3. The molecule has 1 amide bonds. The first-order chi connectivity index (χ1) is 17.4. The molecule has 196 valence electrons. The molecule has 37 heavy (non-hydrogen) atoms. The minimum Gasteiger partial charge on any atom is -0.464 e. The van der Waals surface area contributed by atoms with Gasteiger partial charge < -0.3 is 32.5 Å². The highest BCUT2D eigenvalue weighted by atomic mass is 16.6. The van der Waals surface area contributed by atoms with E-state index in [4.69, 9.17) is 27.1 Å². The van der Waals surface area contributed by atoms with E-state index in [9.17, 15) is 9.59 Å². The monoisotopic (exact) mass is 513 g/mol. The standard InChI is InChI=1S/C24H27N5O8/c1-10-15(26-14(33-10)9-25-23(31)37-24(5,6)7)19-27-16(11(2)34-19)20-28-17(12(3)35-20)21-29-18(13(4)36-21)22(30)32-8/h9H2,1-8H3,(H,25,31). The van der Waals surface area contributed by atoms with Crippen molar-refractivity contribution in [3.63, 3.8) is 0 Å². The van der Waals surface area contributed by atoms with E-state index in [1.165, 1.54) is 7.11 Å². The predicted octanol–water partition coefficient (Wildman–Crippen LogP) is 4.68. The molecule has 4 rings (SSSR count). The highest BCUT2D eigenvalue weighted by Gasteiger charge is 2.27. The van der Waals surface area contributed by atoms with Crippen LogP contribution in [0.4, 0.5) is 4.79 Å². The zero-order valence-electron chi connectivity index (χ0n) is 21.8. The average Bonchev–Trinajstić information content (AvgIpc) is 3.56. The number of ether oxygens (including phenoxy) is 2. The van der Waals surface area contributed by atoms with Gasteiger partial charge in [0, 0.05) is 0 Å². The molecule has 1 N–H and O–H groups in total. The van der Waals surface area contributed by atoms with Gasteiger partial charge in [-0.1, -0.05) is 0 Å². The summed E-state index contributed by atoms with van der Waals surface area (Å²) in [5.74, 6) is 1.69. The van der Waals surface area contributed by atoms with Crippen molar-refractivity contribution in [1.82, 2.24) is 25.3 Å². The molecule has 0 aromatic carbocycles. The summed E-state index contributed by atoms with van der Waals surface area (Å²) in [7, 11) is 1.26. The Bertz CT molecular complexity index is 1470. The number of nitrogens with one attached hydrogen (secondary N) is 1. The van der Waals surface area contributed by atoms with Gasteiger partial charge in [-0.05, 0) is 48.5 Å². The SMILES string of the molecule is COC(=O)c1nc(-c2nc(-c3nc(-c4nc(CNC(=O)OC(C)(C)C)oc4C)oc3C)oc2C)oc1C. The maximum absolute atomic E-state index is 11.9. The second-order valence-electron chi connectivity index (χ2n) is 9.13. The third-order valence-corrected chi connectivity index (χ3v) is 5.00. The second kappa shape index (κ2) is 9.56. The van der Waals surface area contributed by atoms with Crippen LogP contribution in [0, 0.1) is 27.7 Å². The van der Waals surface area contributed by atoms with Gasteiger partial charge in [0.05, 0.1) is 13.7 Å². The summed E-state index contributed by atoms with van der Waals surface area (Å²) in [5.41, 5.74) is 0.452. The molecule has 0 unspecified atom stereocenters. The molecule has 0 saturated heterocycles. The van der Waals surface area contributed by atoms with E-state index in [2.05, 4.69) is 25.3 Å². The van der Waals surface area contributed by atoms with Crippen molar-refractivity contribution in [2.24, 2.45) is 0 Å². The number of hydrogen-bond donors (Lipinski definition) is 1. The maximum atomic E-state index is 11.9. The third-order valence-electron chi connectivity index (χ3n) is 5.00. The lowest BCUT2D eigenvalue weighted by Gasteiger charge is -2.19. The molecule has 0 fully saturated rings. The van der Waals surface area contributed by atoms with Gasteiger partial charge in [-0.2, -0.15) is 0 Å². The second-order valence-corrected chi connectivity index (χ2v) is 9.13. The van der Waals surface area contributed by atoms with Crippen LogP contribution in [0.5, 0.6) is 0 Å². The summed E-state index contributed by atoms with van der Waals surface area (Å²) in [6, 6.07) is 0. The Labute approximate surface area is 211 Å². The third kappa shape index (κ3) is 5.39. The van der Waals surface area contributed by atoms with E-state index in [1.807, 2.05) is 0 Å². The van der Waals surface area contributed by atoms with Crippen LogP contribution in [0.2, 0.25) is 0 Å². The van der Waals surface area contributed by atoms with Crippen LogP contribution in [0.3, 0.4) is 0 Å². The van der Waals surface area contributed by atoms with Gasteiger partial charge in [-0.3, -0.25) is 0 Å². The van der Waals surface area contributed by atoms with Gasteiger partial charge in [0.1, 0.15) is 28.6 Å². The van der Waals surface area contributed by atoms with Crippen LogP contribution in [-0.2, 0) is 16.0 Å². The number of rotatable bonds is 6. The van der Waals surface area contributed by atoms with Gasteiger partial charge in [0.25, 0.3) is 0 Å². The van der Waals surface area contributed by atoms with E-state index >= 15 is 0 Å². The summed E-state index contributed by atoms with van der Waals surface area (Å²) >= 11 is 0. The number of aryl methyl sites for hydroxylation is 4. The van der Waals surface area contributed by atoms with E-state index in [0.717, 1.165) is 0 Å². The van der Waals surface area contributed by atoms with Gasteiger partial charge in [-0.15, -0.1) is 0 Å². The topological polar surface area (TPSA) is 169 Å². The first-order valence-corrected chi connectivity index (χ1v) is 11.3. The number of aromatic nitrogens is 4. The van der Waals surface area contributed by atoms with Crippen molar-refractivity contribution < 1.29 is 36.7 Å². The number of carbonyl (C=O) groups excluding carboxylic acids is 2. The Morgan fingerprint density at radius 3 is 1.78 bits per heavy atom. The van der Waals surface area contributed by atoms with Crippen LogP contribution in [0.25, 0.3) is 34.8 Å². The minimum absolute atomic E-state index is 0.0215. The molecule has 0 radical (unpaired) electrons. The number of esters is 1. The number of nitrogens with zero attached hydrogens (tertiary/aromatic N) is 4. The van der Waals surface area contributed by atoms with Crippen LogP contribution in [0.15, 0.2) is 17.7 Å². The lowest BCUT2D eigenvalue weighted by Crippen LogP contribution is -2.32. The number of hydrogen-bond acceptors (Lipinski definition) is 12. The van der Waals surface area contributed by atoms with Crippen molar-refractivity contribution in [2.45, 2.75) is 60.6 Å². The number of oxazole rings is 4. The molecule has 0 saturated carbocycles. The van der Waals surface area contributed by atoms with E-state index in [0.29, 0.717) is 40.1 Å². The van der Waals surface area contributed by atoms with Gasteiger partial charge in [0.15, 0.2) is 22.8 Å². The fourth-order valence-corrected chi connectivity index (χ4v) is 3.36. The summed E-state index contributed by atoms with van der Waals surface area (Å²) in [6.45, 7) is 12.0. The Balaban J connectivity index is 1.57. The van der Waals surface area contributed by atoms with E-state index < -0.39 is 17.7 Å². The Morgan fingerprint density at radius 1 is 0.757 bits per heavy atom. The van der Waals surface area contributed by atoms with E-state index in [1.54, 1.807) is 48.5 Å². The quantitative estimate of drug-likeness (QED) is 0.354. The molecule has 4 heterocycles. The van der Waals surface area contributed by atoms with Gasteiger partial charge in [-0.25, -0.2) is 29.5 Å². The molecular formula is C24H27N5O8. The molecule has 0 spiro atoms. The Morgan fingerprint density at radius 2 is 1.24 bits per heavy atom. The molecule has 0 bridgehead atoms. The summed E-state index contributed by atoms with van der Waals surface area (Å²) in [4.78, 5) is 41.3. The van der Waals surface area contributed by atoms with Gasteiger partial charge in [0.2, 0.25) is 23.6 Å². The zero-order valence-corrected chi connectivity index (χ0v) is 21.8. The summed E-state index contributed by atoms with van der Waals surface area (Å²) in [6.07, 6.45) is -0.589.